The molecule has 4 heteroatoms. The fourth-order valence-corrected chi connectivity index (χ4v) is 1.34. The first kappa shape index (κ1) is 13.6. The minimum absolute atomic E-state index is 0.0834. The molecule has 0 atom stereocenters. The van der Waals surface area contributed by atoms with E-state index >= 15 is 0 Å². The van der Waals surface area contributed by atoms with Gasteiger partial charge in [0.2, 0.25) is 5.91 Å². The molecule has 94 valence electrons. The van der Waals surface area contributed by atoms with Gasteiger partial charge in [-0.25, -0.2) is 0 Å². The van der Waals surface area contributed by atoms with E-state index in [4.69, 9.17) is 4.74 Å². The molecule has 0 aromatic carbocycles. The van der Waals surface area contributed by atoms with E-state index in [0.29, 0.717) is 6.54 Å². The summed E-state index contributed by atoms with van der Waals surface area (Å²) in [6.45, 7) is 6.95. The van der Waals surface area contributed by atoms with Gasteiger partial charge in [0.1, 0.15) is 6.61 Å². The summed E-state index contributed by atoms with van der Waals surface area (Å²) < 4.78 is 4.72. The number of methoxy groups -OCH3 is 1. The lowest BCUT2D eigenvalue weighted by Gasteiger charge is -2.18. The number of rotatable bonds is 4. The van der Waals surface area contributed by atoms with Crippen molar-refractivity contribution in [2.75, 3.05) is 13.7 Å². The van der Waals surface area contributed by atoms with Crippen molar-refractivity contribution in [3.8, 4) is 0 Å². The molecule has 0 aliphatic rings. The van der Waals surface area contributed by atoms with Crippen molar-refractivity contribution in [1.82, 2.24) is 10.3 Å². The van der Waals surface area contributed by atoms with Gasteiger partial charge in [0, 0.05) is 13.3 Å². The van der Waals surface area contributed by atoms with Gasteiger partial charge in [-0.1, -0.05) is 26.8 Å². The summed E-state index contributed by atoms with van der Waals surface area (Å²) in [5, 5.41) is 2.73. The van der Waals surface area contributed by atoms with Gasteiger partial charge in [-0.05, 0) is 17.0 Å². The quantitative estimate of drug-likeness (QED) is 0.864. The fraction of sp³-hybridized carbons (Fsp3) is 0.538. The van der Waals surface area contributed by atoms with E-state index in [1.807, 2.05) is 18.3 Å². The van der Waals surface area contributed by atoms with Gasteiger partial charge < -0.3 is 10.1 Å². The molecule has 0 aliphatic heterocycles. The smallest absolute Gasteiger partial charge is 0.246 e. The molecule has 17 heavy (non-hydrogen) atoms. The highest BCUT2D eigenvalue weighted by Crippen LogP contribution is 2.20. The minimum atomic E-state index is -0.130. The molecule has 0 bridgehead atoms. The minimum Gasteiger partial charge on any atom is -0.375 e. The highest BCUT2D eigenvalue weighted by molar-refractivity contribution is 5.77. The van der Waals surface area contributed by atoms with Crippen molar-refractivity contribution >= 4 is 5.91 Å². The van der Waals surface area contributed by atoms with Gasteiger partial charge in [0.25, 0.3) is 0 Å². The van der Waals surface area contributed by atoms with Crippen LogP contribution in [0.15, 0.2) is 18.3 Å². The summed E-state index contributed by atoms with van der Waals surface area (Å²) in [6.07, 6.45) is 1.86. The molecule has 0 saturated carbocycles. The van der Waals surface area contributed by atoms with E-state index in [0.717, 1.165) is 5.69 Å². The van der Waals surface area contributed by atoms with E-state index in [-0.39, 0.29) is 17.9 Å². The molecule has 0 saturated heterocycles. The Bertz CT molecular complexity index is 366. The topological polar surface area (TPSA) is 51.2 Å². The maximum atomic E-state index is 11.2. The van der Waals surface area contributed by atoms with Crippen molar-refractivity contribution < 1.29 is 9.53 Å². The number of carbonyl (C=O) groups excluding carboxylic acids is 1. The Kier molecular flexibility index (Phi) is 4.63. The van der Waals surface area contributed by atoms with Gasteiger partial charge in [0.05, 0.1) is 12.2 Å². The lowest BCUT2D eigenvalue weighted by Crippen LogP contribution is -2.27. The molecule has 1 rings (SSSR count). The highest BCUT2D eigenvalue weighted by Gasteiger charge is 2.13. The molecule has 1 amide bonds. The van der Waals surface area contributed by atoms with E-state index < -0.39 is 0 Å². The van der Waals surface area contributed by atoms with Gasteiger partial charge in [-0.15, -0.1) is 0 Å². The zero-order valence-corrected chi connectivity index (χ0v) is 10.9. The molecule has 0 spiro atoms. The Labute approximate surface area is 102 Å². The second-order valence-corrected chi connectivity index (χ2v) is 5.00. The lowest BCUT2D eigenvalue weighted by atomic mass is 9.88. The number of nitrogens with zero attached hydrogens (tertiary/aromatic N) is 1. The van der Waals surface area contributed by atoms with Crippen LogP contribution in [0.5, 0.6) is 0 Å². The highest BCUT2D eigenvalue weighted by atomic mass is 16.5. The van der Waals surface area contributed by atoms with Crippen LogP contribution >= 0.6 is 0 Å². The Morgan fingerprint density at radius 3 is 2.59 bits per heavy atom. The van der Waals surface area contributed by atoms with Crippen LogP contribution in [0.25, 0.3) is 0 Å². The van der Waals surface area contributed by atoms with Crippen LogP contribution in [0, 0.1) is 0 Å². The molecule has 0 aliphatic carbocycles. The maximum absolute atomic E-state index is 11.2. The Balaban J connectivity index is 2.54. The molecule has 0 unspecified atom stereocenters. The molecular weight excluding hydrogens is 216 g/mol. The number of aromatic nitrogens is 1. The standard InChI is InChI=1S/C13H20N2O2/c1-13(2,3)10-5-6-11(14-7-10)8-15-12(16)9-17-4/h5-7H,8-9H2,1-4H3,(H,15,16). The Hall–Kier alpha value is -1.42. The van der Waals surface area contributed by atoms with Crippen molar-refractivity contribution in [2.45, 2.75) is 32.7 Å². The monoisotopic (exact) mass is 236 g/mol. The average Bonchev–Trinajstić information content (AvgIpc) is 2.26. The lowest BCUT2D eigenvalue weighted by molar-refractivity contribution is -0.124. The van der Waals surface area contributed by atoms with Crippen molar-refractivity contribution in [2.24, 2.45) is 0 Å². The predicted molar refractivity (Wildman–Crippen MR) is 66.7 cm³/mol. The summed E-state index contributed by atoms with van der Waals surface area (Å²) in [5.74, 6) is -0.130. The van der Waals surface area contributed by atoms with Crippen LogP contribution in [0.1, 0.15) is 32.0 Å². The van der Waals surface area contributed by atoms with E-state index in [1.54, 1.807) is 0 Å². The Morgan fingerprint density at radius 2 is 2.12 bits per heavy atom. The van der Waals surface area contributed by atoms with E-state index in [9.17, 15) is 4.79 Å². The third-order valence-electron chi connectivity index (χ3n) is 2.43. The van der Waals surface area contributed by atoms with Crippen molar-refractivity contribution in [1.29, 1.82) is 0 Å². The number of ether oxygens (including phenoxy) is 1. The van der Waals surface area contributed by atoms with Crippen LogP contribution in [-0.2, 0) is 21.5 Å². The first-order valence-electron chi connectivity index (χ1n) is 5.64. The zero-order chi connectivity index (χ0) is 12.9. The summed E-state index contributed by atoms with van der Waals surface area (Å²) in [5.41, 5.74) is 2.14. The van der Waals surface area contributed by atoms with Crippen molar-refractivity contribution in [3.05, 3.63) is 29.6 Å². The normalized spacial score (nSPS) is 11.3. The second-order valence-electron chi connectivity index (χ2n) is 5.00. The molecule has 0 radical (unpaired) electrons. The first-order chi connectivity index (χ1) is 7.93. The number of pyridine rings is 1. The van der Waals surface area contributed by atoms with Crippen LogP contribution in [0.2, 0.25) is 0 Å². The predicted octanol–water partition coefficient (Wildman–Crippen LogP) is 1.64. The number of carbonyl (C=O) groups is 1. The zero-order valence-electron chi connectivity index (χ0n) is 10.9. The SMILES string of the molecule is COCC(=O)NCc1ccc(C(C)(C)C)cn1. The fourth-order valence-electron chi connectivity index (χ4n) is 1.34. The molecule has 1 aromatic heterocycles. The van der Waals surface area contributed by atoms with Gasteiger partial charge >= 0.3 is 0 Å². The van der Waals surface area contributed by atoms with Crippen LogP contribution < -0.4 is 5.32 Å². The third kappa shape index (κ3) is 4.53. The van der Waals surface area contributed by atoms with Gasteiger partial charge in [0.15, 0.2) is 0 Å². The largest absolute Gasteiger partial charge is 0.375 e. The number of hydrogen-bond acceptors (Lipinski definition) is 3. The van der Waals surface area contributed by atoms with E-state index in [2.05, 4.69) is 31.1 Å². The van der Waals surface area contributed by atoms with Gasteiger partial charge in [-0.3, -0.25) is 9.78 Å². The summed E-state index contributed by atoms with van der Waals surface area (Å²) in [4.78, 5) is 15.5. The number of nitrogens with one attached hydrogen (secondary N) is 1. The molecule has 4 nitrogen and oxygen atoms in total. The Morgan fingerprint density at radius 1 is 1.41 bits per heavy atom. The molecule has 1 N–H and O–H groups in total. The van der Waals surface area contributed by atoms with Crippen molar-refractivity contribution in [3.63, 3.8) is 0 Å². The molecule has 1 heterocycles. The van der Waals surface area contributed by atoms with E-state index in [1.165, 1.54) is 12.7 Å². The summed E-state index contributed by atoms with van der Waals surface area (Å²) in [6, 6.07) is 3.98. The average molecular weight is 236 g/mol. The molecular formula is C13H20N2O2. The van der Waals surface area contributed by atoms with Gasteiger partial charge in [-0.2, -0.15) is 0 Å². The number of hydrogen-bond donors (Lipinski definition) is 1. The third-order valence-corrected chi connectivity index (χ3v) is 2.43. The maximum Gasteiger partial charge on any atom is 0.246 e. The molecule has 0 fully saturated rings. The van der Waals surface area contributed by atoms with Crippen LogP contribution in [0.3, 0.4) is 0 Å². The van der Waals surface area contributed by atoms with Crippen LogP contribution in [-0.4, -0.2) is 24.6 Å². The van der Waals surface area contributed by atoms with Crippen LogP contribution in [0.4, 0.5) is 0 Å². The first-order valence-corrected chi connectivity index (χ1v) is 5.64. The summed E-state index contributed by atoms with van der Waals surface area (Å²) in [7, 11) is 1.50. The number of amides is 1. The summed E-state index contributed by atoms with van der Waals surface area (Å²) >= 11 is 0. The molecule has 1 aromatic rings. The second kappa shape index (κ2) is 5.77.